The van der Waals surface area contributed by atoms with Crippen molar-refractivity contribution in [2.45, 2.75) is 78.9 Å². The quantitative estimate of drug-likeness (QED) is 0.207. The molecule has 10 nitrogen and oxygen atoms in total. The predicted octanol–water partition coefficient (Wildman–Crippen LogP) is 1.08. The second-order valence-electron chi connectivity index (χ2n) is 9.10. The van der Waals surface area contributed by atoms with E-state index in [1.165, 1.54) is 0 Å². The molecule has 0 heterocycles. The molecule has 0 radical (unpaired) electrons. The van der Waals surface area contributed by atoms with Gasteiger partial charge in [0, 0.05) is 57.0 Å². The number of carbonyl (C=O) groups excluding carboxylic acids is 3. The van der Waals surface area contributed by atoms with E-state index < -0.39 is 0 Å². The lowest BCUT2D eigenvalue weighted by Crippen LogP contribution is -2.35. The molecule has 0 aromatic rings. The van der Waals surface area contributed by atoms with Crippen molar-refractivity contribution in [1.29, 1.82) is 0 Å². The van der Waals surface area contributed by atoms with Gasteiger partial charge in [0.05, 0.1) is 39.6 Å². The lowest BCUT2D eigenvalue weighted by atomic mass is 10.3. The van der Waals surface area contributed by atoms with Crippen molar-refractivity contribution in [2.24, 2.45) is 0 Å². The molecular weight excluding hydrogens is 440 g/mol. The number of ether oxygens (including phenoxy) is 3. The van der Waals surface area contributed by atoms with Gasteiger partial charge in [-0.05, 0) is 41.5 Å². The minimum Gasteiger partial charge on any atom is -0.380 e. The second-order valence-corrected chi connectivity index (χ2v) is 9.10. The summed E-state index contributed by atoms with van der Waals surface area (Å²) in [6.07, 6.45) is 1.00. The molecule has 0 fully saturated rings. The maximum Gasteiger partial charge on any atom is 0.222 e. The average molecular weight is 489 g/mol. The van der Waals surface area contributed by atoms with Crippen molar-refractivity contribution in [3.05, 3.63) is 0 Å². The first-order valence-electron chi connectivity index (χ1n) is 12.4. The first-order chi connectivity index (χ1) is 16.1. The summed E-state index contributed by atoms with van der Waals surface area (Å²) in [6, 6.07) is 0.364. The van der Waals surface area contributed by atoms with E-state index in [-0.39, 0.29) is 35.8 Å². The topological polar surface area (TPSA) is 118 Å². The van der Waals surface area contributed by atoms with Gasteiger partial charge in [-0.3, -0.25) is 19.3 Å². The maximum absolute atomic E-state index is 11.7. The lowest BCUT2D eigenvalue weighted by Gasteiger charge is -2.22. The van der Waals surface area contributed by atoms with E-state index >= 15 is 0 Å². The molecule has 3 amide bonds. The predicted molar refractivity (Wildman–Crippen MR) is 133 cm³/mol. The van der Waals surface area contributed by atoms with Crippen LogP contribution in [0.4, 0.5) is 0 Å². The Labute approximate surface area is 205 Å². The molecule has 0 aromatic heterocycles. The minimum absolute atomic E-state index is 0.0170. The smallest absolute Gasteiger partial charge is 0.222 e. The molecule has 0 saturated heterocycles. The van der Waals surface area contributed by atoms with Gasteiger partial charge in [0.1, 0.15) is 0 Å². The highest BCUT2D eigenvalue weighted by Crippen LogP contribution is 1.95. The molecule has 0 atom stereocenters. The highest BCUT2D eigenvalue weighted by Gasteiger charge is 2.09. The first-order valence-corrected chi connectivity index (χ1v) is 12.4. The highest BCUT2D eigenvalue weighted by atomic mass is 16.5. The van der Waals surface area contributed by atoms with Crippen LogP contribution in [0.1, 0.15) is 60.8 Å². The van der Waals surface area contributed by atoms with Crippen LogP contribution >= 0.6 is 0 Å². The highest BCUT2D eigenvalue weighted by molar-refractivity contribution is 5.76. The number of rotatable bonds is 21. The fourth-order valence-electron chi connectivity index (χ4n) is 2.90. The number of carbonyl (C=O) groups is 3. The minimum atomic E-state index is -0.0170. The van der Waals surface area contributed by atoms with Crippen LogP contribution in [0.2, 0.25) is 0 Å². The second kappa shape index (κ2) is 20.6. The molecule has 34 heavy (non-hydrogen) atoms. The van der Waals surface area contributed by atoms with Crippen LogP contribution in [0.15, 0.2) is 0 Å². The van der Waals surface area contributed by atoms with Crippen LogP contribution < -0.4 is 16.0 Å². The van der Waals surface area contributed by atoms with Gasteiger partial charge in [-0.1, -0.05) is 0 Å². The Morgan fingerprint density at radius 1 is 0.529 bits per heavy atom. The van der Waals surface area contributed by atoms with Gasteiger partial charge in [0.25, 0.3) is 0 Å². The molecule has 0 saturated carbocycles. The molecule has 0 rings (SSSR count). The molecule has 200 valence electrons. The third kappa shape index (κ3) is 22.1. The van der Waals surface area contributed by atoms with Crippen molar-refractivity contribution in [3.63, 3.8) is 0 Å². The molecule has 0 bridgehead atoms. The summed E-state index contributed by atoms with van der Waals surface area (Å²) in [5, 5.41) is 8.52. The molecule has 0 unspecified atom stereocenters. The molecule has 3 N–H and O–H groups in total. The summed E-state index contributed by atoms with van der Waals surface area (Å²) in [7, 11) is 0. The van der Waals surface area contributed by atoms with Gasteiger partial charge in [0.15, 0.2) is 0 Å². The third-order valence-electron chi connectivity index (χ3n) is 4.42. The van der Waals surface area contributed by atoms with Gasteiger partial charge < -0.3 is 30.2 Å². The van der Waals surface area contributed by atoms with Crippen molar-refractivity contribution >= 4 is 17.7 Å². The van der Waals surface area contributed by atoms with Gasteiger partial charge in [-0.25, -0.2) is 0 Å². The largest absolute Gasteiger partial charge is 0.380 e. The fraction of sp³-hybridized carbons (Fsp3) is 0.875. The van der Waals surface area contributed by atoms with Crippen molar-refractivity contribution in [3.8, 4) is 0 Å². The SMILES string of the molecule is CC(C)NC(=O)CCOCCN(CCOCCC(=O)NC(C)C)CCOCCC(=O)NC(C)C. The Kier molecular flexibility index (Phi) is 19.5. The van der Waals surface area contributed by atoms with Gasteiger partial charge in [0.2, 0.25) is 17.7 Å². The Balaban J connectivity index is 4.21. The number of amides is 3. The molecule has 0 aliphatic carbocycles. The monoisotopic (exact) mass is 488 g/mol. The van der Waals surface area contributed by atoms with E-state index in [9.17, 15) is 14.4 Å². The molecule has 0 aliphatic heterocycles. The van der Waals surface area contributed by atoms with Crippen molar-refractivity contribution in [1.82, 2.24) is 20.9 Å². The van der Waals surface area contributed by atoms with Gasteiger partial charge in [-0.2, -0.15) is 0 Å². The number of nitrogens with zero attached hydrogens (tertiary/aromatic N) is 1. The number of hydrogen-bond acceptors (Lipinski definition) is 7. The molecular formula is C24H48N4O6. The summed E-state index contributed by atoms with van der Waals surface area (Å²) < 4.78 is 16.9. The molecule has 0 aliphatic rings. The molecule has 10 heteroatoms. The van der Waals surface area contributed by atoms with Crippen LogP contribution in [-0.4, -0.2) is 100 Å². The Hall–Kier alpha value is -1.75. The average Bonchev–Trinajstić information content (AvgIpc) is 2.70. The normalized spacial score (nSPS) is 11.5. The van der Waals surface area contributed by atoms with Gasteiger partial charge in [-0.15, -0.1) is 0 Å². The molecule has 0 spiro atoms. The van der Waals surface area contributed by atoms with Crippen LogP contribution in [0.3, 0.4) is 0 Å². The first kappa shape index (κ1) is 32.2. The van der Waals surface area contributed by atoms with Crippen LogP contribution in [-0.2, 0) is 28.6 Å². The maximum atomic E-state index is 11.7. The number of nitrogens with one attached hydrogen (secondary N) is 3. The van der Waals surface area contributed by atoms with Crippen LogP contribution in [0.5, 0.6) is 0 Å². The molecule has 0 aromatic carbocycles. The summed E-state index contributed by atoms with van der Waals surface area (Å²) >= 11 is 0. The van der Waals surface area contributed by atoms with Crippen molar-refractivity contribution < 1.29 is 28.6 Å². The summed E-state index contributed by atoms with van der Waals surface area (Å²) in [5.74, 6) is -0.0509. The van der Waals surface area contributed by atoms with E-state index in [2.05, 4.69) is 20.9 Å². The number of hydrogen-bond donors (Lipinski definition) is 3. The zero-order valence-corrected chi connectivity index (χ0v) is 22.1. The van der Waals surface area contributed by atoms with Crippen LogP contribution in [0.25, 0.3) is 0 Å². The Bertz CT molecular complexity index is 482. The van der Waals surface area contributed by atoms with E-state index in [0.29, 0.717) is 78.5 Å². The van der Waals surface area contributed by atoms with E-state index in [1.807, 2.05) is 41.5 Å². The summed E-state index contributed by atoms with van der Waals surface area (Å²) in [6.45, 7) is 16.1. The van der Waals surface area contributed by atoms with E-state index in [1.54, 1.807) is 0 Å². The van der Waals surface area contributed by atoms with E-state index in [4.69, 9.17) is 14.2 Å². The zero-order valence-electron chi connectivity index (χ0n) is 22.1. The Morgan fingerprint density at radius 2 is 0.794 bits per heavy atom. The Morgan fingerprint density at radius 3 is 1.03 bits per heavy atom. The van der Waals surface area contributed by atoms with Crippen LogP contribution in [0, 0.1) is 0 Å². The zero-order chi connectivity index (χ0) is 25.8. The summed E-state index contributed by atoms with van der Waals surface area (Å²) in [4.78, 5) is 37.2. The lowest BCUT2D eigenvalue weighted by molar-refractivity contribution is -0.123. The summed E-state index contributed by atoms with van der Waals surface area (Å²) in [5.41, 5.74) is 0. The van der Waals surface area contributed by atoms with Gasteiger partial charge >= 0.3 is 0 Å². The third-order valence-corrected chi connectivity index (χ3v) is 4.42. The fourth-order valence-corrected chi connectivity index (χ4v) is 2.90. The van der Waals surface area contributed by atoms with Crippen molar-refractivity contribution in [2.75, 3.05) is 59.3 Å². The van der Waals surface area contributed by atoms with E-state index in [0.717, 1.165) is 0 Å². The standard InChI is InChI=1S/C24H48N4O6/c1-19(2)25-22(29)7-13-32-16-10-28(11-17-33-14-8-23(30)26-20(3)4)12-18-34-15-9-24(31)27-21(5)6/h19-21H,7-18H2,1-6H3,(H,25,29)(H,26,30)(H,27,31).